The molecule has 2 aromatic rings. The van der Waals surface area contributed by atoms with E-state index in [2.05, 4.69) is 74.5 Å². The highest BCUT2D eigenvalue weighted by Gasteiger charge is 2.34. The van der Waals surface area contributed by atoms with Crippen molar-refractivity contribution >= 4 is 30.8 Å². The van der Waals surface area contributed by atoms with Crippen molar-refractivity contribution in [1.29, 1.82) is 0 Å². The Morgan fingerprint density at radius 2 is 1.03 bits per heavy atom. The Hall–Kier alpha value is -1.21. The minimum atomic E-state index is -1.45. The maximum absolute atomic E-state index is 6.03. The number of hydrogen-bond donors (Lipinski definition) is 0. The Morgan fingerprint density at radius 1 is 0.633 bits per heavy atom. The number of benzene rings is 2. The van der Waals surface area contributed by atoms with Gasteiger partial charge in [0.25, 0.3) is 0 Å². The molecule has 0 spiro atoms. The van der Waals surface area contributed by atoms with Crippen LogP contribution in [0.1, 0.15) is 13.8 Å². The minimum absolute atomic E-state index is 0.0782. The summed E-state index contributed by atoms with van der Waals surface area (Å²) < 4.78 is 22.3. The van der Waals surface area contributed by atoms with E-state index < -0.39 is 8.80 Å². The van der Waals surface area contributed by atoms with Crippen LogP contribution in [0.2, 0.25) is 5.04 Å². The molecule has 2 aromatic carbocycles. The fraction of sp³-hybridized carbons (Fsp3) is 0.500. The maximum atomic E-state index is 6.03. The van der Waals surface area contributed by atoms with Crippen LogP contribution in [0, 0.1) is 0 Å². The third-order valence-corrected chi connectivity index (χ3v) is 8.85. The third-order valence-electron chi connectivity index (χ3n) is 4.86. The van der Waals surface area contributed by atoms with Gasteiger partial charge in [-0.3, -0.25) is 0 Å². The number of ether oxygens (including phenoxy) is 4. The van der Waals surface area contributed by atoms with Gasteiger partial charge in [-0.05, 0) is 5.04 Å². The molecule has 0 atom stereocenters. The van der Waals surface area contributed by atoms with Crippen LogP contribution < -0.4 is 10.4 Å². The summed E-state index contributed by atoms with van der Waals surface area (Å²) in [6.07, 6.45) is 0. The Balaban J connectivity index is 1.71. The van der Waals surface area contributed by atoms with Crippen molar-refractivity contribution in [3.63, 3.8) is 0 Å². The largest absolute Gasteiger partial charge is 0.379 e. The van der Waals surface area contributed by atoms with E-state index in [1.165, 1.54) is 10.4 Å². The lowest BCUT2D eigenvalue weighted by atomic mass is 10.2. The van der Waals surface area contributed by atoms with Crippen molar-refractivity contribution in [3.05, 3.63) is 60.7 Å². The zero-order chi connectivity index (χ0) is 21.5. The van der Waals surface area contributed by atoms with Gasteiger partial charge in [0, 0.05) is 12.5 Å². The first-order valence-corrected chi connectivity index (χ1v) is 12.9. The van der Waals surface area contributed by atoms with Crippen LogP contribution >= 0.6 is 11.6 Å². The van der Waals surface area contributed by atoms with E-state index in [0.29, 0.717) is 58.7 Å². The molecule has 0 N–H and O–H groups in total. The molecule has 0 fully saturated rings. The summed E-state index contributed by atoms with van der Waals surface area (Å²) in [4.78, 5) is 0. The lowest BCUT2D eigenvalue weighted by molar-refractivity contribution is -0.00263. The molecule has 0 aliphatic carbocycles. The van der Waals surface area contributed by atoms with E-state index in [4.69, 9.17) is 30.5 Å². The molecule has 0 unspecified atom stereocenters. The number of hydrogen-bond acceptors (Lipinski definition) is 4. The van der Waals surface area contributed by atoms with E-state index in [-0.39, 0.29) is 5.04 Å². The second-order valence-corrected chi connectivity index (χ2v) is 12.0. The Bertz CT molecular complexity index is 630. The van der Waals surface area contributed by atoms with Crippen LogP contribution in [0.4, 0.5) is 0 Å². The van der Waals surface area contributed by atoms with Gasteiger partial charge in [0.15, 0.2) is 0 Å². The Morgan fingerprint density at radius 3 is 1.47 bits per heavy atom. The van der Waals surface area contributed by atoms with Gasteiger partial charge in [0.2, 0.25) is 0 Å². The third kappa shape index (κ3) is 9.29. The molecule has 0 aromatic heterocycles. The van der Waals surface area contributed by atoms with E-state index in [0.717, 1.165) is 0 Å². The molecule has 30 heavy (non-hydrogen) atoms. The second-order valence-electron chi connectivity index (χ2n) is 7.82. The molecule has 0 heterocycles. The van der Waals surface area contributed by atoms with Gasteiger partial charge in [-0.25, -0.2) is 0 Å². The monoisotopic (exact) mass is 450 g/mol. The topological polar surface area (TPSA) is 36.9 Å². The van der Waals surface area contributed by atoms with Crippen molar-refractivity contribution in [2.24, 2.45) is 0 Å². The van der Waals surface area contributed by atoms with Gasteiger partial charge < -0.3 is 18.9 Å². The zero-order valence-corrected chi connectivity index (χ0v) is 20.1. The standard InChI is InChI=1S/C24H35ClO4Si/c1-24(2,21-29-20-19-28-18-17-27-16-15-26-14-13-25)30(22-9-5-3-6-10-22)23-11-7-4-8-12-23/h3-12,30H,13-21H2,1-2H3. The number of halogens is 1. The molecular formula is C24H35ClO4Si. The summed E-state index contributed by atoms with van der Waals surface area (Å²) in [5, 5.41) is 2.97. The highest BCUT2D eigenvalue weighted by atomic mass is 35.5. The van der Waals surface area contributed by atoms with E-state index in [1.54, 1.807) is 0 Å². The van der Waals surface area contributed by atoms with Crippen molar-refractivity contribution < 1.29 is 18.9 Å². The molecule has 0 radical (unpaired) electrons. The molecule has 0 saturated heterocycles. The van der Waals surface area contributed by atoms with Crippen molar-refractivity contribution in [2.45, 2.75) is 18.9 Å². The second kappa shape index (κ2) is 14.7. The SMILES string of the molecule is CC(C)(COCCOCCOCCOCCCl)[SiH](c1ccccc1)c1ccccc1. The average Bonchev–Trinajstić information content (AvgIpc) is 2.76. The first-order chi connectivity index (χ1) is 14.6. The predicted molar refractivity (Wildman–Crippen MR) is 127 cm³/mol. The van der Waals surface area contributed by atoms with Crippen LogP contribution in [0.3, 0.4) is 0 Å². The number of alkyl halides is 1. The molecule has 0 aliphatic heterocycles. The fourth-order valence-corrected chi connectivity index (χ4v) is 7.32. The van der Waals surface area contributed by atoms with Gasteiger partial charge in [-0.15, -0.1) is 11.6 Å². The molecule has 6 heteroatoms. The van der Waals surface area contributed by atoms with Gasteiger partial charge in [-0.2, -0.15) is 0 Å². The average molecular weight is 451 g/mol. The molecule has 0 bridgehead atoms. The highest BCUT2D eigenvalue weighted by molar-refractivity contribution is 6.87. The number of rotatable bonds is 16. The summed E-state index contributed by atoms with van der Waals surface area (Å²) in [5.41, 5.74) is 0. The maximum Gasteiger partial charge on any atom is 0.110 e. The molecule has 166 valence electrons. The normalized spacial score (nSPS) is 11.9. The fourth-order valence-electron chi connectivity index (χ4n) is 3.52. The lowest BCUT2D eigenvalue weighted by Gasteiger charge is -2.34. The molecule has 0 saturated carbocycles. The molecule has 0 aliphatic rings. The molecular weight excluding hydrogens is 416 g/mol. The van der Waals surface area contributed by atoms with E-state index >= 15 is 0 Å². The van der Waals surface area contributed by atoms with Crippen molar-refractivity contribution in [2.75, 3.05) is 58.7 Å². The minimum Gasteiger partial charge on any atom is -0.379 e. The Kier molecular flexibility index (Phi) is 12.3. The zero-order valence-electron chi connectivity index (χ0n) is 18.2. The van der Waals surface area contributed by atoms with Crippen molar-refractivity contribution in [3.8, 4) is 0 Å². The summed E-state index contributed by atoms with van der Waals surface area (Å²) >= 11 is 5.54. The summed E-state index contributed by atoms with van der Waals surface area (Å²) in [7, 11) is -1.45. The summed E-state index contributed by atoms with van der Waals surface area (Å²) in [6.45, 7) is 9.35. The first kappa shape index (κ1) is 25.1. The smallest absolute Gasteiger partial charge is 0.110 e. The Labute approximate surface area is 188 Å². The van der Waals surface area contributed by atoms with E-state index in [1.807, 2.05) is 0 Å². The molecule has 2 rings (SSSR count). The summed E-state index contributed by atoms with van der Waals surface area (Å²) in [6, 6.07) is 21.7. The first-order valence-electron chi connectivity index (χ1n) is 10.6. The quantitative estimate of drug-likeness (QED) is 0.224. The van der Waals surface area contributed by atoms with Crippen LogP contribution in [-0.4, -0.2) is 67.5 Å². The lowest BCUT2D eigenvalue weighted by Crippen LogP contribution is -2.51. The van der Waals surface area contributed by atoms with Crippen LogP contribution in [0.25, 0.3) is 0 Å². The van der Waals surface area contributed by atoms with E-state index in [9.17, 15) is 0 Å². The van der Waals surface area contributed by atoms with Gasteiger partial charge in [0.1, 0.15) is 8.80 Å². The van der Waals surface area contributed by atoms with Gasteiger partial charge >= 0.3 is 0 Å². The summed E-state index contributed by atoms with van der Waals surface area (Å²) in [5.74, 6) is 0.514. The van der Waals surface area contributed by atoms with Crippen LogP contribution in [0.5, 0.6) is 0 Å². The molecule has 4 nitrogen and oxygen atoms in total. The van der Waals surface area contributed by atoms with Gasteiger partial charge in [-0.1, -0.05) is 84.9 Å². The van der Waals surface area contributed by atoms with Gasteiger partial charge in [0.05, 0.1) is 46.2 Å². The highest BCUT2D eigenvalue weighted by Crippen LogP contribution is 2.28. The predicted octanol–water partition coefficient (Wildman–Crippen LogP) is 3.11. The molecule has 0 amide bonds. The van der Waals surface area contributed by atoms with Crippen LogP contribution in [0.15, 0.2) is 60.7 Å². The van der Waals surface area contributed by atoms with Crippen LogP contribution in [-0.2, 0) is 18.9 Å². The van der Waals surface area contributed by atoms with Crippen molar-refractivity contribution in [1.82, 2.24) is 0 Å².